The Hall–Kier alpha value is -3.82. The predicted octanol–water partition coefficient (Wildman–Crippen LogP) is 2.68. The molecule has 1 amide bonds. The third-order valence-corrected chi connectivity index (χ3v) is 7.45. The van der Waals surface area contributed by atoms with Gasteiger partial charge in [-0.25, -0.2) is 13.4 Å². The monoisotopic (exact) mass is 490 g/mol. The molecule has 0 N–H and O–H groups in total. The van der Waals surface area contributed by atoms with Crippen molar-refractivity contribution in [1.82, 2.24) is 19.4 Å². The number of carbonyl (C=O) groups is 1. The molecule has 1 fully saturated rings. The number of rotatable bonds is 5. The van der Waals surface area contributed by atoms with Crippen LogP contribution in [0.3, 0.4) is 0 Å². The molecule has 3 aromatic rings. The van der Waals surface area contributed by atoms with Crippen LogP contribution in [-0.4, -0.2) is 59.2 Å². The molecule has 1 aliphatic rings. The summed E-state index contributed by atoms with van der Waals surface area (Å²) in [7, 11) is -1.39. The van der Waals surface area contributed by atoms with Crippen molar-refractivity contribution in [3.8, 4) is 41.7 Å². The highest BCUT2D eigenvalue weighted by Gasteiger charge is 2.35. The Bertz CT molecular complexity index is 1450. The van der Waals surface area contributed by atoms with Gasteiger partial charge in [-0.05, 0) is 24.6 Å². The number of hydrogen-bond acceptors (Lipinski definition) is 6. The highest BCUT2D eigenvalue weighted by atomic mass is 32.2. The molecular weight excluding hydrogens is 464 g/mol. The lowest BCUT2D eigenvalue weighted by atomic mass is 9.90. The first-order valence-corrected chi connectivity index (χ1v) is 13.0. The molecule has 0 bridgehead atoms. The Kier molecular flexibility index (Phi) is 6.31. The van der Waals surface area contributed by atoms with Gasteiger partial charge in [-0.3, -0.25) is 4.79 Å². The Morgan fingerprint density at radius 2 is 1.77 bits per heavy atom. The lowest BCUT2D eigenvalue weighted by Gasteiger charge is -2.34. The zero-order valence-electron chi connectivity index (χ0n) is 19.9. The van der Waals surface area contributed by atoms with Crippen molar-refractivity contribution < 1.29 is 17.9 Å². The molecule has 2 aromatic heterocycles. The SMILES string of the molecule is C#CC(C)(C#C)C(=O)N1CCC(Oc2ncnc3c(-c4ccc(S(C)(=O)=O)cc4)cn(C)c23)CC1. The molecule has 9 heteroatoms. The summed E-state index contributed by atoms with van der Waals surface area (Å²) in [6, 6.07) is 6.70. The molecule has 0 radical (unpaired) electrons. The van der Waals surface area contributed by atoms with E-state index in [4.69, 9.17) is 17.6 Å². The van der Waals surface area contributed by atoms with Crippen molar-refractivity contribution >= 4 is 26.8 Å². The zero-order chi connectivity index (χ0) is 25.4. The van der Waals surface area contributed by atoms with E-state index in [2.05, 4.69) is 21.8 Å². The smallest absolute Gasteiger partial charge is 0.252 e. The van der Waals surface area contributed by atoms with Crippen LogP contribution < -0.4 is 4.74 Å². The molecular formula is C26H26N4O4S. The van der Waals surface area contributed by atoms with E-state index in [1.807, 2.05) is 17.8 Å². The van der Waals surface area contributed by atoms with Crippen LogP contribution in [0.25, 0.3) is 22.2 Å². The van der Waals surface area contributed by atoms with Gasteiger partial charge in [-0.15, -0.1) is 12.8 Å². The van der Waals surface area contributed by atoms with Gasteiger partial charge < -0.3 is 14.2 Å². The number of hydrogen-bond donors (Lipinski definition) is 0. The molecule has 0 saturated carbocycles. The summed E-state index contributed by atoms with van der Waals surface area (Å²) in [5.74, 6) is 5.06. The Morgan fingerprint density at radius 1 is 1.14 bits per heavy atom. The number of likely N-dealkylation sites (tertiary alicyclic amines) is 1. The molecule has 0 atom stereocenters. The number of sulfone groups is 1. The largest absolute Gasteiger partial charge is 0.473 e. The maximum Gasteiger partial charge on any atom is 0.252 e. The highest BCUT2D eigenvalue weighted by molar-refractivity contribution is 7.90. The van der Waals surface area contributed by atoms with E-state index < -0.39 is 15.3 Å². The summed E-state index contributed by atoms with van der Waals surface area (Å²) in [5.41, 5.74) is 1.88. The summed E-state index contributed by atoms with van der Waals surface area (Å²) in [6.07, 6.45) is 16.6. The number of benzene rings is 1. The van der Waals surface area contributed by atoms with E-state index in [1.54, 1.807) is 36.1 Å². The number of aromatic nitrogens is 3. The number of amides is 1. The third-order valence-electron chi connectivity index (χ3n) is 6.33. The van der Waals surface area contributed by atoms with Gasteiger partial charge in [0.2, 0.25) is 5.88 Å². The molecule has 4 rings (SSSR count). The topological polar surface area (TPSA) is 94.4 Å². The van der Waals surface area contributed by atoms with E-state index in [9.17, 15) is 13.2 Å². The lowest BCUT2D eigenvalue weighted by Crippen LogP contribution is -2.47. The average molecular weight is 491 g/mol. The first kappa shape index (κ1) is 24.3. The first-order valence-electron chi connectivity index (χ1n) is 11.1. The minimum Gasteiger partial charge on any atom is -0.473 e. The number of nitrogens with zero attached hydrogens (tertiary/aromatic N) is 4. The summed E-state index contributed by atoms with van der Waals surface area (Å²) in [4.78, 5) is 23.5. The van der Waals surface area contributed by atoms with E-state index in [1.165, 1.54) is 12.6 Å². The minimum atomic E-state index is -3.28. The Labute approximate surface area is 205 Å². The summed E-state index contributed by atoms with van der Waals surface area (Å²) in [5, 5.41) is 0. The van der Waals surface area contributed by atoms with Gasteiger partial charge in [0.1, 0.15) is 23.5 Å². The highest BCUT2D eigenvalue weighted by Crippen LogP contribution is 2.34. The Balaban J connectivity index is 1.54. The summed E-state index contributed by atoms with van der Waals surface area (Å²) >= 11 is 0. The molecule has 1 saturated heterocycles. The summed E-state index contributed by atoms with van der Waals surface area (Å²) in [6.45, 7) is 2.56. The molecule has 0 unspecified atom stereocenters. The van der Waals surface area contributed by atoms with Gasteiger partial charge in [-0.1, -0.05) is 24.0 Å². The molecule has 180 valence electrons. The predicted molar refractivity (Wildman–Crippen MR) is 133 cm³/mol. The second-order valence-corrected chi connectivity index (χ2v) is 10.9. The number of piperidine rings is 1. The van der Waals surface area contributed by atoms with Gasteiger partial charge in [0, 0.05) is 51.0 Å². The van der Waals surface area contributed by atoms with Crippen LogP contribution in [-0.2, 0) is 21.7 Å². The van der Waals surface area contributed by atoms with Gasteiger partial charge in [-0.2, -0.15) is 4.98 Å². The second kappa shape index (κ2) is 9.09. The van der Waals surface area contributed by atoms with Crippen LogP contribution in [0, 0.1) is 30.1 Å². The fraction of sp³-hybridized carbons (Fsp3) is 0.346. The van der Waals surface area contributed by atoms with Crippen LogP contribution in [0.1, 0.15) is 19.8 Å². The van der Waals surface area contributed by atoms with Crippen molar-refractivity contribution in [3.05, 3.63) is 36.8 Å². The fourth-order valence-electron chi connectivity index (χ4n) is 4.19. The molecule has 0 aliphatic carbocycles. The quantitative estimate of drug-likeness (QED) is 0.511. The standard InChI is InChI=1S/C26H26N4O4S/c1-6-26(3,7-2)25(31)30-14-12-19(13-15-30)34-24-23-22(27-17-28-24)21(16-29(23)4)18-8-10-20(11-9-18)35(5,32)33/h1-2,8-11,16-17,19H,12-15H2,3-5H3. The van der Waals surface area contributed by atoms with E-state index in [-0.39, 0.29) is 16.9 Å². The first-order chi connectivity index (χ1) is 16.6. The zero-order valence-corrected chi connectivity index (χ0v) is 20.7. The number of carbonyl (C=O) groups excluding carboxylic acids is 1. The molecule has 1 aliphatic heterocycles. The van der Waals surface area contributed by atoms with Crippen molar-refractivity contribution in [2.75, 3.05) is 19.3 Å². The summed E-state index contributed by atoms with van der Waals surface area (Å²) < 4.78 is 31.7. The molecule has 35 heavy (non-hydrogen) atoms. The Morgan fingerprint density at radius 3 is 2.34 bits per heavy atom. The average Bonchev–Trinajstić information content (AvgIpc) is 3.20. The van der Waals surface area contributed by atoms with E-state index >= 15 is 0 Å². The normalized spacial score (nSPS) is 14.9. The third kappa shape index (κ3) is 4.60. The molecule has 1 aromatic carbocycles. The number of aryl methyl sites for hydroxylation is 1. The van der Waals surface area contributed by atoms with E-state index in [0.29, 0.717) is 37.3 Å². The molecule has 0 spiro atoms. The van der Waals surface area contributed by atoms with Crippen LogP contribution in [0.4, 0.5) is 0 Å². The second-order valence-electron chi connectivity index (χ2n) is 8.85. The van der Waals surface area contributed by atoms with Gasteiger partial charge in [0.15, 0.2) is 15.3 Å². The molecule has 8 nitrogen and oxygen atoms in total. The maximum atomic E-state index is 12.7. The van der Waals surface area contributed by atoms with Crippen LogP contribution in [0.2, 0.25) is 0 Å². The number of ether oxygens (including phenoxy) is 1. The maximum absolute atomic E-state index is 12.7. The number of fused-ring (bicyclic) bond motifs is 1. The van der Waals surface area contributed by atoms with E-state index in [0.717, 1.165) is 16.6 Å². The van der Waals surface area contributed by atoms with Gasteiger partial charge >= 0.3 is 0 Å². The van der Waals surface area contributed by atoms with Gasteiger partial charge in [0.05, 0.1) is 4.90 Å². The van der Waals surface area contributed by atoms with Crippen molar-refractivity contribution in [3.63, 3.8) is 0 Å². The number of terminal acetylenes is 2. The van der Waals surface area contributed by atoms with Crippen molar-refractivity contribution in [1.29, 1.82) is 0 Å². The van der Waals surface area contributed by atoms with Crippen LogP contribution in [0.15, 0.2) is 41.7 Å². The van der Waals surface area contributed by atoms with Crippen molar-refractivity contribution in [2.45, 2.75) is 30.8 Å². The van der Waals surface area contributed by atoms with Gasteiger partial charge in [0.25, 0.3) is 5.91 Å². The lowest BCUT2D eigenvalue weighted by molar-refractivity contribution is -0.137. The van der Waals surface area contributed by atoms with Crippen LogP contribution in [0.5, 0.6) is 5.88 Å². The van der Waals surface area contributed by atoms with Crippen molar-refractivity contribution in [2.24, 2.45) is 12.5 Å². The molecule has 3 heterocycles. The minimum absolute atomic E-state index is 0.132. The van der Waals surface area contributed by atoms with Crippen LogP contribution >= 0.6 is 0 Å². The fourth-order valence-corrected chi connectivity index (χ4v) is 4.82.